The van der Waals surface area contributed by atoms with Crippen molar-refractivity contribution in [3.63, 3.8) is 0 Å². The van der Waals surface area contributed by atoms with Crippen LogP contribution in [-0.2, 0) is 7.05 Å². The summed E-state index contributed by atoms with van der Waals surface area (Å²) in [5.41, 5.74) is 4.34. The molecule has 1 N–H and O–H groups in total. The molecule has 1 atom stereocenters. The van der Waals surface area contributed by atoms with Crippen molar-refractivity contribution in [2.45, 2.75) is 26.8 Å². The summed E-state index contributed by atoms with van der Waals surface area (Å²) in [5, 5.41) is 7.97. The minimum Gasteiger partial charge on any atom is -0.305 e. The Bertz CT molecular complexity index is 530. The molecule has 0 spiro atoms. The molecule has 4 nitrogen and oxygen atoms in total. The SMILES string of the molecule is CCNC(c1ccn(C)n1)c1ccc(C)nc1C. The predicted molar refractivity (Wildman–Crippen MR) is 72.4 cm³/mol. The summed E-state index contributed by atoms with van der Waals surface area (Å²) >= 11 is 0. The zero-order chi connectivity index (χ0) is 13.1. The van der Waals surface area contributed by atoms with Crippen LogP contribution in [0.2, 0.25) is 0 Å². The zero-order valence-corrected chi connectivity index (χ0v) is 11.4. The van der Waals surface area contributed by atoms with Gasteiger partial charge in [0.25, 0.3) is 0 Å². The minimum atomic E-state index is 0.115. The number of hydrogen-bond acceptors (Lipinski definition) is 3. The molecule has 0 aliphatic heterocycles. The van der Waals surface area contributed by atoms with Gasteiger partial charge in [-0.15, -0.1) is 0 Å². The second-order valence-electron chi connectivity index (χ2n) is 4.53. The molecule has 0 aliphatic carbocycles. The van der Waals surface area contributed by atoms with Gasteiger partial charge >= 0.3 is 0 Å². The van der Waals surface area contributed by atoms with Crippen molar-refractivity contribution in [1.29, 1.82) is 0 Å². The Kier molecular flexibility index (Phi) is 3.77. The van der Waals surface area contributed by atoms with Crippen molar-refractivity contribution < 1.29 is 0 Å². The van der Waals surface area contributed by atoms with E-state index in [9.17, 15) is 0 Å². The number of hydrogen-bond donors (Lipinski definition) is 1. The smallest absolute Gasteiger partial charge is 0.0839 e. The van der Waals surface area contributed by atoms with E-state index in [1.54, 1.807) is 0 Å². The molecule has 2 rings (SSSR count). The molecule has 0 aliphatic rings. The van der Waals surface area contributed by atoms with Crippen molar-refractivity contribution in [3.8, 4) is 0 Å². The summed E-state index contributed by atoms with van der Waals surface area (Å²) in [6, 6.07) is 6.35. The Labute approximate surface area is 108 Å². The fraction of sp³-hybridized carbons (Fsp3) is 0.429. The lowest BCUT2D eigenvalue weighted by Gasteiger charge is -2.18. The van der Waals surface area contributed by atoms with Crippen molar-refractivity contribution in [3.05, 3.63) is 47.0 Å². The van der Waals surface area contributed by atoms with Crippen LogP contribution >= 0.6 is 0 Å². The van der Waals surface area contributed by atoms with Gasteiger partial charge in [0.1, 0.15) is 0 Å². The van der Waals surface area contributed by atoms with Gasteiger partial charge in [-0.3, -0.25) is 9.67 Å². The summed E-state index contributed by atoms with van der Waals surface area (Å²) in [5.74, 6) is 0. The molecule has 0 bridgehead atoms. The summed E-state index contributed by atoms with van der Waals surface area (Å²) in [7, 11) is 1.94. The Hall–Kier alpha value is -1.68. The van der Waals surface area contributed by atoms with Crippen molar-refractivity contribution in [1.82, 2.24) is 20.1 Å². The fourth-order valence-corrected chi connectivity index (χ4v) is 2.17. The largest absolute Gasteiger partial charge is 0.305 e. The molecule has 96 valence electrons. The van der Waals surface area contributed by atoms with E-state index in [0.29, 0.717) is 0 Å². The van der Waals surface area contributed by atoms with Crippen molar-refractivity contribution >= 4 is 0 Å². The predicted octanol–water partition coefficient (Wildman–Crippen LogP) is 2.13. The van der Waals surface area contributed by atoms with E-state index in [1.165, 1.54) is 5.56 Å². The molecule has 1 unspecified atom stereocenters. The van der Waals surface area contributed by atoms with Gasteiger partial charge in [-0.1, -0.05) is 13.0 Å². The minimum absolute atomic E-state index is 0.115. The van der Waals surface area contributed by atoms with Gasteiger partial charge in [-0.2, -0.15) is 5.10 Å². The van der Waals surface area contributed by atoms with Gasteiger partial charge in [0.15, 0.2) is 0 Å². The van der Waals surface area contributed by atoms with E-state index in [0.717, 1.165) is 23.6 Å². The summed E-state index contributed by atoms with van der Waals surface area (Å²) in [4.78, 5) is 4.53. The Balaban J connectivity index is 2.41. The van der Waals surface area contributed by atoms with Crippen LogP contribution in [0.4, 0.5) is 0 Å². The number of aryl methyl sites for hydroxylation is 3. The average molecular weight is 244 g/mol. The van der Waals surface area contributed by atoms with Gasteiger partial charge in [0.2, 0.25) is 0 Å². The van der Waals surface area contributed by atoms with Gasteiger partial charge in [-0.25, -0.2) is 0 Å². The molecule has 0 amide bonds. The lowest BCUT2D eigenvalue weighted by Crippen LogP contribution is -2.23. The molecule has 0 saturated heterocycles. The quantitative estimate of drug-likeness (QED) is 0.896. The van der Waals surface area contributed by atoms with E-state index in [-0.39, 0.29) is 6.04 Å². The Morgan fingerprint density at radius 3 is 2.61 bits per heavy atom. The number of pyridine rings is 1. The van der Waals surface area contributed by atoms with Crippen molar-refractivity contribution in [2.24, 2.45) is 7.05 Å². The molecule has 0 aromatic carbocycles. The van der Waals surface area contributed by atoms with Crippen molar-refractivity contribution in [2.75, 3.05) is 6.54 Å². The first kappa shape index (κ1) is 12.8. The third-order valence-electron chi connectivity index (χ3n) is 3.02. The molecule has 2 heterocycles. The van der Waals surface area contributed by atoms with Gasteiger partial charge < -0.3 is 5.32 Å². The van der Waals surface area contributed by atoms with Crippen LogP contribution in [0.1, 0.15) is 35.6 Å². The topological polar surface area (TPSA) is 42.7 Å². The number of nitrogens with one attached hydrogen (secondary N) is 1. The van der Waals surface area contributed by atoms with Gasteiger partial charge in [0, 0.05) is 24.6 Å². The second kappa shape index (κ2) is 5.31. The van der Waals surface area contributed by atoms with Crippen LogP contribution in [0, 0.1) is 13.8 Å². The van der Waals surface area contributed by atoms with Gasteiger partial charge in [-0.05, 0) is 38.1 Å². The van der Waals surface area contributed by atoms with Crippen LogP contribution in [0.15, 0.2) is 24.4 Å². The maximum Gasteiger partial charge on any atom is 0.0839 e. The standard InChI is InChI=1S/C14H20N4/c1-5-15-14(13-8-9-18(4)17-13)12-7-6-10(2)16-11(12)3/h6-9,14-15H,5H2,1-4H3. The average Bonchev–Trinajstić information content (AvgIpc) is 2.73. The molecular formula is C14H20N4. The zero-order valence-electron chi connectivity index (χ0n) is 11.4. The van der Waals surface area contributed by atoms with Crippen LogP contribution in [0.25, 0.3) is 0 Å². The molecule has 2 aromatic heterocycles. The lowest BCUT2D eigenvalue weighted by molar-refractivity contribution is 0.594. The maximum atomic E-state index is 4.53. The first-order chi connectivity index (χ1) is 8.61. The summed E-state index contributed by atoms with van der Waals surface area (Å²) in [6.45, 7) is 7.07. The summed E-state index contributed by atoms with van der Waals surface area (Å²) < 4.78 is 1.83. The molecule has 0 radical (unpaired) electrons. The highest BCUT2D eigenvalue weighted by atomic mass is 15.3. The molecule has 0 fully saturated rings. The molecule has 4 heteroatoms. The highest BCUT2D eigenvalue weighted by Gasteiger charge is 2.18. The number of rotatable bonds is 4. The van der Waals surface area contributed by atoms with Crippen LogP contribution in [0.3, 0.4) is 0 Å². The third-order valence-corrected chi connectivity index (χ3v) is 3.02. The van der Waals surface area contributed by atoms with E-state index < -0.39 is 0 Å². The highest BCUT2D eigenvalue weighted by molar-refractivity contribution is 5.31. The Morgan fingerprint density at radius 2 is 2.06 bits per heavy atom. The van der Waals surface area contributed by atoms with E-state index in [1.807, 2.05) is 30.9 Å². The third kappa shape index (κ3) is 2.59. The number of aromatic nitrogens is 3. The lowest BCUT2D eigenvalue weighted by atomic mass is 10.0. The maximum absolute atomic E-state index is 4.53. The molecule has 18 heavy (non-hydrogen) atoms. The Morgan fingerprint density at radius 1 is 1.28 bits per heavy atom. The second-order valence-corrected chi connectivity index (χ2v) is 4.53. The first-order valence-electron chi connectivity index (χ1n) is 6.29. The van der Waals surface area contributed by atoms with Crippen LogP contribution in [-0.4, -0.2) is 21.3 Å². The fourth-order valence-electron chi connectivity index (χ4n) is 2.17. The monoisotopic (exact) mass is 244 g/mol. The van der Waals surface area contributed by atoms with Crippen LogP contribution < -0.4 is 5.32 Å². The van der Waals surface area contributed by atoms with Gasteiger partial charge in [0.05, 0.1) is 11.7 Å². The molecule has 2 aromatic rings. The summed E-state index contributed by atoms with van der Waals surface area (Å²) in [6.07, 6.45) is 1.97. The molecular weight excluding hydrogens is 224 g/mol. The van der Waals surface area contributed by atoms with E-state index in [2.05, 4.69) is 41.4 Å². The number of nitrogens with zero attached hydrogens (tertiary/aromatic N) is 3. The normalized spacial score (nSPS) is 12.7. The first-order valence-corrected chi connectivity index (χ1v) is 6.29. The van der Waals surface area contributed by atoms with E-state index >= 15 is 0 Å². The molecule has 0 saturated carbocycles. The van der Waals surface area contributed by atoms with E-state index in [4.69, 9.17) is 0 Å². The highest BCUT2D eigenvalue weighted by Crippen LogP contribution is 2.22. The van der Waals surface area contributed by atoms with Crippen LogP contribution in [0.5, 0.6) is 0 Å².